The molecular weight excluding hydrogens is 328 g/mol. The summed E-state index contributed by atoms with van der Waals surface area (Å²) in [4.78, 5) is 12.2. The molecule has 0 heterocycles. The van der Waals surface area contributed by atoms with Gasteiger partial charge in [0.25, 0.3) is 0 Å². The highest BCUT2D eigenvalue weighted by molar-refractivity contribution is 5.85. The van der Waals surface area contributed by atoms with Crippen molar-refractivity contribution in [2.45, 2.75) is 45.7 Å². The molecule has 0 aliphatic heterocycles. The van der Waals surface area contributed by atoms with E-state index in [-0.39, 0.29) is 30.3 Å². The standard InChI is InChI=1S/C18H28N2O3.ClH/c1-3-22-8-9-23-17-10-13(2)4-5-15(17)12-20-18(21)14-6-7-16(19)11-14;/h4-5,10,14,16H,3,6-9,11-12,19H2,1-2H3,(H,20,21);1H. The van der Waals surface area contributed by atoms with Crippen LogP contribution < -0.4 is 15.8 Å². The van der Waals surface area contributed by atoms with Crippen molar-refractivity contribution in [2.75, 3.05) is 19.8 Å². The van der Waals surface area contributed by atoms with Gasteiger partial charge < -0.3 is 20.5 Å². The number of ether oxygens (including phenoxy) is 2. The molecular formula is C18H29ClN2O3. The van der Waals surface area contributed by atoms with Crippen molar-refractivity contribution in [3.05, 3.63) is 29.3 Å². The van der Waals surface area contributed by atoms with E-state index >= 15 is 0 Å². The van der Waals surface area contributed by atoms with Crippen molar-refractivity contribution >= 4 is 18.3 Å². The number of halogens is 1. The molecule has 1 amide bonds. The molecule has 1 aromatic rings. The topological polar surface area (TPSA) is 73.6 Å². The molecule has 3 N–H and O–H groups in total. The molecule has 6 heteroatoms. The monoisotopic (exact) mass is 356 g/mol. The average molecular weight is 357 g/mol. The Balaban J connectivity index is 0.00000288. The molecule has 0 bridgehead atoms. The van der Waals surface area contributed by atoms with Gasteiger partial charge in [-0.15, -0.1) is 12.4 Å². The van der Waals surface area contributed by atoms with Gasteiger partial charge in [-0.25, -0.2) is 0 Å². The molecule has 5 nitrogen and oxygen atoms in total. The predicted octanol–water partition coefficient (Wildman–Crippen LogP) is 2.58. The van der Waals surface area contributed by atoms with Gasteiger partial charge in [0, 0.05) is 30.7 Å². The van der Waals surface area contributed by atoms with Gasteiger partial charge in [0.05, 0.1) is 6.61 Å². The Morgan fingerprint density at radius 1 is 1.33 bits per heavy atom. The van der Waals surface area contributed by atoms with Gasteiger partial charge in [0.2, 0.25) is 5.91 Å². The fourth-order valence-electron chi connectivity index (χ4n) is 2.88. The number of benzene rings is 1. The molecule has 2 unspecified atom stereocenters. The Bertz CT molecular complexity index is 525. The highest BCUT2D eigenvalue weighted by Gasteiger charge is 2.27. The van der Waals surface area contributed by atoms with Gasteiger partial charge in [0.15, 0.2) is 0 Å². The van der Waals surface area contributed by atoms with Crippen molar-refractivity contribution < 1.29 is 14.3 Å². The van der Waals surface area contributed by atoms with E-state index in [0.29, 0.717) is 26.4 Å². The maximum atomic E-state index is 12.2. The number of hydrogen-bond donors (Lipinski definition) is 2. The van der Waals surface area contributed by atoms with Gasteiger partial charge >= 0.3 is 0 Å². The van der Waals surface area contributed by atoms with Crippen LogP contribution in [-0.2, 0) is 16.1 Å². The number of carbonyl (C=O) groups is 1. The lowest BCUT2D eigenvalue weighted by Crippen LogP contribution is -2.30. The van der Waals surface area contributed by atoms with E-state index in [1.807, 2.05) is 32.0 Å². The quantitative estimate of drug-likeness (QED) is 0.702. The van der Waals surface area contributed by atoms with Crippen molar-refractivity contribution in [1.29, 1.82) is 0 Å². The van der Waals surface area contributed by atoms with Crippen LogP contribution in [0.1, 0.15) is 37.3 Å². The van der Waals surface area contributed by atoms with Gasteiger partial charge in [-0.3, -0.25) is 4.79 Å². The maximum absolute atomic E-state index is 12.2. The summed E-state index contributed by atoms with van der Waals surface area (Å²) in [5.41, 5.74) is 8.00. The number of aryl methyl sites for hydroxylation is 1. The van der Waals surface area contributed by atoms with E-state index in [2.05, 4.69) is 5.32 Å². The summed E-state index contributed by atoms with van der Waals surface area (Å²) in [5.74, 6) is 0.963. The fraction of sp³-hybridized carbons (Fsp3) is 0.611. The van der Waals surface area contributed by atoms with Crippen LogP contribution in [0.25, 0.3) is 0 Å². The second-order valence-electron chi connectivity index (χ2n) is 6.14. The van der Waals surface area contributed by atoms with Crippen LogP contribution in [0.4, 0.5) is 0 Å². The number of amides is 1. The summed E-state index contributed by atoms with van der Waals surface area (Å²) < 4.78 is 11.1. The molecule has 1 fully saturated rings. The lowest BCUT2D eigenvalue weighted by Gasteiger charge is -2.15. The highest BCUT2D eigenvalue weighted by atomic mass is 35.5. The van der Waals surface area contributed by atoms with Crippen molar-refractivity contribution in [2.24, 2.45) is 11.7 Å². The summed E-state index contributed by atoms with van der Waals surface area (Å²) in [5, 5.41) is 3.02. The van der Waals surface area contributed by atoms with Gasteiger partial charge in [-0.05, 0) is 44.7 Å². The third-order valence-corrected chi connectivity index (χ3v) is 4.21. The van der Waals surface area contributed by atoms with Gasteiger partial charge in [-0.1, -0.05) is 12.1 Å². The van der Waals surface area contributed by atoms with Crippen molar-refractivity contribution in [3.8, 4) is 5.75 Å². The minimum absolute atomic E-state index is 0. The van der Waals surface area contributed by atoms with Crippen LogP contribution >= 0.6 is 12.4 Å². The number of nitrogens with two attached hydrogens (primary N) is 1. The minimum atomic E-state index is 0. The lowest BCUT2D eigenvalue weighted by molar-refractivity contribution is -0.125. The zero-order valence-corrected chi connectivity index (χ0v) is 15.4. The lowest BCUT2D eigenvalue weighted by atomic mass is 10.1. The normalized spacial score (nSPS) is 19.6. The van der Waals surface area contributed by atoms with E-state index < -0.39 is 0 Å². The molecule has 0 aromatic heterocycles. The smallest absolute Gasteiger partial charge is 0.223 e. The highest BCUT2D eigenvalue weighted by Crippen LogP contribution is 2.25. The SMILES string of the molecule is CCOCCOc1cc(C)ccc1CNC(=O)C1CCC(N)C1.Cl. The second kappa shape index (κ2) is 10.5. The van der Waals surface area contributed by atoms with Crippen LogP contribution in [0.2, 0.25) is 0 Å². The molecule has 1 aliphatic carbocycles. The first-order valence-electron chi connectivity index (χ1n) is 8.43. The van der Waals surface area contributed by atoms with Crippen LogP contribution in [0.3, 0.4) is 0 Å². The van der Waals surface area contributed by atoms with Crippen LogP contribution in [0.5, 0.6) is 5.75 Å². The van der Waals surface area contributed by atoms with Crippen molar-refractivity contribution in [3.63, 3.8) is 0 Å². The molecule has 2 atom stereocenters. The Kier molecular flexibility index (Phi) is 9.11. The van der Waals surface area contributed by atoms with E-state index in [4.69, 9.17) is 15.2 Å². The molecule has 1 saturated carbocycles. The Labute approximate surface area is 150 Å². The predicted molar refractivity (Wildman–Crippen MR) is 97.6 cm³/mol. The number of nitrogens with one attached hydrogen (secondary N) is 1. The average Bonchev–Trinajstić information content (AvgIpc) is 2.97. The summed E-state index contributed by atoms with van der Waals surface area (Å²) in [6, 6.07) is 6.20. The molecule has 136 valence electrons. The first-order chi connectivity index (χ1) is 11.1. The molecule has 0 saturated heterocycles. The Morgan fingerprint density at radius 2 is 2.12 bits per heavy atom. The van der Waals surface area contributed by atoms with Crippen molar-refractivity contribution in [1.82, 2.24) is 5.32 Å². The first kappa shape index (κ1) is 20.7. The number of hydrogen-bond acceptors (Lipinski definition) is 4. The van der Waals surface area contributed by atoms with E-state index in [0.717, 1.165) is 36.1 Å². The number of rotatable bonds is 8. The Hall–Kier alpha value is -1.30. The maximum Gasteiger partial charge on any atom is 0.223 e. The summed E-state index contributed by atoms with van der Waals surface area (Å²) in [6.07, 6.45) is 2.62. The van der Waals surface area contributed by atoms with Crippen LogP contribution in [0, 0.1) is 12.8 Å². The molecule has 0 spiro atoms. The molecule has 24 heavy (non-hydrogen) atoms. The first-order valence-corrected chi connectivity index (χ1v) is 8.43. The fourth-order valence-corrected chi connectivity index (χ4v) is 2.88. The Morgan fingerprint density at radius 3 is 2.79 bits per heavy atom. The molecule has 2 rings (SSSR count). The molecule has 1 aliphatic rings. The summed E-state index contributed by atoms with van der Waals surface area (Å²) >= 11 is 0. The molecule has 1 aromatic carbocycles. The largest absolute Gasteiger partial charge is 0.491 e. The minimum Gasteiger partial charge on any atom is -0.491 e. The van der Waals surface area contributed by atoms with Gasteiger partial charge in [0.1, 0.15) is 12.4 Å². The number of carbonyl (C=O) groups excluding carboxylic acids is 1. The van der Waals surface area contributed by atoms with E-state index in [1.165, 1.54) is 0 Å². The van der Waals surface area contributed by atoms with Crippen LogP contribution in [0.15, 0.2) is 18.2 Å². The van der Waals surface area contributed by atoms with E-state index in [9.17, 15) is 4.79 Å². The third kappa shape index (κ3) is 6.30. The third-order valence-electron chi connectivity index (χ3n) is 4.21. The summed E-state index contributed by atoms with van der Waals surface area (Å²) in [7, 11) is 0. The van der Waals surface area contributed by atoms with Crippen LogP contribution in [-0.4, -0.2) is 31.8 Å². The van der Waals surface area contributed by atoms with Gasteiger partial charge in [-0.2, -0.15) is 0 Å². The summed E-state index contributed by atoms with van der Waals surface area (Å²) in [6.45, 7) is 6.23. The molecule has 0 radical (unpaired) electrons. The zero-order chi connectivity index (χ0) is 16.7. The second-order valence-corrected chi connectivity index (χ2v) is 6.14. The zero-order valence-electron chi connectivity index (χ0n) is 14.5. The van der Waals surface area contributed by atoms with E-state index in [1.54, 1.807) is 0 Å².